The lowest BCUT2D eigenvalue weighted by atomic mass is 10.2. The fourth-order valence-electron chi connectivity index (χ4n) is 2.20. The second kappa shape index (κ2) is 6.75. The average Bonchev–Trinajstić information content (AvgIpc) is 3.17. The quantitative estimate of drug-likeness (QED) is 0.668. The zero-order valence-electron chi connectivity index (χ0n) is 13.8. The van der Waals surface area contributed by atoms with Gasteiger partial charge in [-0.25, -0.2) is 17.5 Å². The zero-order valence-corrected chi connectivity index (χ0v) is 14.6. The van der Waals surface area contributed by atoms with Gasteiger partial charge in [0.25, 0.3) is 0 Å². The normalized spacial score (nSPS) is 12.0. The van der Waals surface area contributed by atoms with Crippen LogP contribution in [0.1, 0.15) is 37.2 Å². The summed E-state index contributed by atoms with van der Waals surface area (Å²) in [5.74, 6) is -0.418. The summed E-state index contributed by atoms with van der Waals surface area (Å²) in [7, 11) is -3.51. The summed E-state index contributed by atoms with van der Waals surface area (Å²) in [5, 5.41) is 11.8. The second-order valence-corrected chi connectivity index (χ2v) is 8.01. The molecule has 0 radical (unpaired) electrons. The lowest BCUT2D eigenvalue weighted by Gasteiger charge is -2.01. The van der Waals surface area contributed by atoms with Crippen LogP contribution in [0.5, 0.6) is 0 Å². The van der Waals surface area contributed by atoms with Crippen LogP contribution in [0.15, 0.2) is 40.9 Å². The van der Waals surface area contributed by atoms with Crippen molar-refractivity contribution in [3.05, 3.63) is 59.8 Å². The van der Waals surface area contributed by atoms with Crippen LogP contribution in [0.4, 0.5) is 4.39 Å². The monoisotopic (exact) mass is 364 g/mol. The fourth-order valence-corrected chi connectivity index (χ4v) is 3.40. The Labute approximate surface area is 144 Å². The molecule has 0 spiro atoms. The summed E-state index contributed by atoms with van der Waals surface area (Å²) < 4.78 is 44.4. The van der Waals surface area contributed by atoms with Crippen LogP contribution in [0.25, 0.3) is 5.69 Å². The highest BCUT2D eigenvalue weighted by atomic mass is 32.2. The number of sulfone groups is 1. The van der Waals surface area contributed by atoms with Crippen molar-refractivity contribution in [3.63, 3.8) is 0 Å². The van der Waals surface area contributed by atoms with Gasteiger partial charge in [-0.05, 0) is 30.3 Å². The summed E-state index contributed by atoms with van der Waals surface area (Å²) in [6.07, 6.45) is 1.63. The molecule has 0 aliphatic heterocycles. The van der Waals surface area contributed by atoms with E-state index in [1.165, 1.54) is 16.8 Å². The third-order valence-electron chi connectivity index (χ3n) is 3.42. The van der Waals surface area contributed by atoms with Crippen molar-refractivity contribution < 1.29 is 17.2 Å². The van der Waals surface area contributed by atoms with E-state index >= 15 is 0 Å². The molecule has 0 aliphatic rings. The molecule has 2 aromatic heterocycles. The van der Waals surface area contributed by atoms with Crippen molar-refractivity contribution in [2.24, 2.45) is 0 Å². The Kier molecular flexibility index (Phi) is 4.67. The van der Waals surface area contributed by atoms with E-state index in [0.717, 1.165) is 0 Å². The SMILES string of the molecule is CC(C)c1nnc(CS(=O)(=O)Cc2ccn(-c3ccc(F)cc3)n2)o1. The summed E-state index contributed by atoms with van der Waals surface area (Å²) in [5.41, 5.74) is 1.02. The van der Waals surface area contributed by atoms with Gasteiger partial charge in [-0.1, -0.05) is 13.8 Å². The molecule has 0 fully saturated rings. The molecule has 3 aromatic rings. The third-order valence-corrected chi connectivity index (χ3v) is 4.85. The van der Waals surface area contributed by atoms with E-state index in [1.54, 1.807) is 24.4 Å². The number of hydrogen-bond donors (Lipinski definition) is 0. The lowest BCUT2D eigenvalue weighted by Crippen LogP contribution is -2.09. The Balaban J connectivity index is 1.71. The fraction of sp³-hybridized carbons (Fsp3) is 0.312. The molecule has 25 heavy (non-hydrogen) atoms. The molecule has 7 nitrogen and oxygen atoms in total. The summed E-state index contributed by atoms with van der Waals surface area (Å²) >= 11 is 0. The first-order valence-corrected chi connectivity index (χ1v) is 9.48. The Morgan fingerprint density at radius 3 is 2.48 bits per heavy atom. The van der Waals surface area contributed by atoms with Crippen LogP contribution in [-0.2, 0) is 21.3 Å². The molecule has 0 saturated carbocycles. The lowest BCUT2D eigenvalue weighted by molar-refractivity contribution is 0.442. The number of nitrogens with zero attached hydrogens (tertiary/aromatic N) is 4. The largest absolute Gasteiger partial charge is 0.424 e. The van der Waals surface area contributed by atoms with E-state index in [1.807, 2.05) is 13.8 Å². The molecule has 0 saturated heterocycles. The molecule has 0 N–H and O–H groups in total. The summed E-state index contributed by atoms with van der Waals surface area (Å²) in [6.45, 7) is 3.77. The Bertz CT molecular complexity index is 961. The minimum absolute atomic E-state index is 0.0374. The highest BCUT2D eigenvalue weighted by Crippen LogP contribution is 2.16. The van der Waals surface area contributed by atoms with Gasteiger partial charge in [-0.3, -0.25) is 0 Å². The smallest absolute Gasteiger partial charge is 0.231 e. The molecule has 0 amide bonds. The molecule has 3 rings (SSSR count). The van der Waals surface area contributed by atoms with Gasteiger partial charge in [-0.2, -0.15) is 5.10 Å². The number of hydrogen-bond acceptors (Lipinski definition) is 6. The van der Waals surface area contributed by atoms with Gasteiger partial charge in [0.05, 0.1) is 17.1 Å². The molecule has 132 valence electrons. The van der Waals surface area contributed by atoms with Gasteiger partial charge in [0.2, 0.25) is 11.8 Å². The number of halogens is 1. The van der Waals surface area contributed by atoms with Crippen molar-refractivity contribution >= 4 is 9.84 Å². The Hall–Kier alpha value is -2.55. The van der Waals surface area contributed by atoms with E-state index in [9.17, 15) is 12.8 Å². The highest BCUT2D eigenvalue weighted by molar-refractivity contribution is 7.89. The molecule has 9 heteroatoms. The first-order chi connectivity index (χ1) is 11.8. The standard InChI is InChI=1S/C16H17FN4O3S/c1-11(2)16-19-18-15(24-16)10-25(22,23)9-13-7-8-21(20-13)14-5-3-12(17)4-6-14/h3-8,11H,9-10H2,1-2H3. The Morgan fingerprint density at radius 1 is 1.12 bits per heavy atom. The zero-order chi connectivity index (χ0) is 18.0. The van der Waals surface area contributed by atoms with Gasteiger partial charge >= 0.3 is 0 Å². The molecule has 0 atom stereocenters. The maximum Gasteiger partial charge on any atom is 0.231 e. The number of aromatic nitrogens is 4. The van der Waals surface area contributed by atoms with Crippen molar-refractivity contribution in [1.29, 1.82) is 0 Å². The van der Waals surface area contributed by atoms with E-state index < -0.39 is 9.84 Å². The predicted molar refractivity (Wildman–Crippen MR) is 88.2 cm³/mol. The molecule has 2 heterocycles. The third kappa shape index (κ3) is 4.30. The highest BCUT2D eigenvalue weighted by Gasteiger charge is 2.20. The van der Waals surface area contributed by atoms with Crippen molar-refractivity contribution in [1.82, 2.24) is 20.0 Å². The van der Waals surface area contributed by atoms with E-state index in [2.05, 4.69) is 15.3 Å². The Morgan fingerprint density at radius 2 is 1.84 bits per heavy atom. The second-order valence-electron chi connectivity index (χ2n) is 5.95. The number of rotatable bonds is 6. The van der Waals surface area contributed by atoms with Crippen molar-refractivity contribution in [3.8, 4) is 5.69 Å². The van der Waals surface area contributed by atoms with Crippen LogP contribution in [0, 0.1) is 5.82 Å². The molecule has 0 unspecified atom stereocenters. The van der Waals surface area contributed by atoms with Crippen LogP contribution in [0.3, 0.4) is 0 Å². The van der Waals surface area contributed by atoms with Crippen molar-refractivity contribution in [2.75, 3.05) is 0 Å². The van der Waals surface area contributed by atoms with Crippen LogP contribution in [-0.4, -0.2) is 28.4 Å². The first kappa shape index (κ1) is 17.3. The topological polar surface area (TPSA) is 90.9 Å². The van der Waals surface area contributed by atoms with E-state index in [-0.39, 0.29) is 29.1 Å². The minimum Gasteiger partial charge on any atom is -0.424 e. The van der Waals surface area contributed by atoms with E-state index in [4.69, 9.17) is 4.42 Å². The molecule has 0 aliphatic carbocycles. The van der Waals surface area contributed by atoms with Gasteiger partial charge in [0.15, 0.2) is 9.84 Å². The summed E-state index contributed by atoms with van der Waals surface area (Å²) in [6, 6.07) is 7.36. The van der Waals surface area contributed by atoms with Crippen LogP contribution >= 0.6 is 0 Å². The van der Waals surface area contributed by atoms with Crippen LogP contribution in [0.2, 0.25) is 0 Å². The molecular weight excluding hydrogens is 347 g/mol. The van der Waals surface area contributed by atoms with Crippen molar-refractivity contribution in [2.45, 2.75) is 31.3 Å². The predicted octanol–water partition coefficient (Wildman–Crippen LogP) is 2.63. The summed E-state index contributed by atoms with van der Waals surface area (Å²) in [4.78, 5) is 0. The maximum atomic E-state index is 13.0. The van der Waals surface area contributed by atoms with Gasteiger partial charge < -0.3 is 4.42 Å². The van der Waals surface area contributed by atoms with Gasteiger partial charge in [-0.15, -0.1) is 10.2 Å². The maximum absolute atomic E-state index is 13.0. The average molecular weight is 364 g/mol. The molecule has 1 aromatic carbocycles. The number of benzene rings is 1. The first-order valence-electron chi connectivity index (χ1n) is 7.65. The molecular formula is C16H17FN4O3S. The van der Waals surface area contributed by atoms with E-state index in [0.29, 0.717) is 17.3 Å². The minimum atomic E-state index is -3.51. The van der Waals surface area contributed by atoms with Gasteiger partial charge in [0, 0.05) is 12.1 Å². The van der Waals surface area contributed by atoms with Gasteiger partial charge in [0.1, 0.15) is 11.6 Å². The molecule has 0 bridgehead atoms. The van der Waals surface area contributed by atoms with Crippen LogP contribution < -0.4 is 0 Å².